The first-order chi connectivity index (χ1) is 12.3. The van der Waals surface area contributed by atoms with E-state index in [0.29, 0.717) is 16.5 Å². The van der Waals surface area contributed by atoms with Gasteiger partial charge in [0.2, 0.25) is 10.0 Å². The summed E-state index contributed by atoms with van der Waals surface area (Å²) in [6, 6.07) is 13.9. The third-order valence-electron chi connectivity index (χ3n) is 3.51. The Balaban J connectivity index is 1.87. The van der Waals surface area contributed by atoms with Crippen LogP contribution in [0.5, 0.6) is 5.75 Å². The van der Waals surface area contributed by atoms with Gasteiger partial charge in [0.05, 0.1) is 18.5 Å². The number of hydrogen-bond donors (Lipinski definition) is 1. The summed E-state index contributed by atoms with van der Waals surface area (Å²) in [7, 11) is -3.45. The molecular formula is C18H21ClN2O4S. The van der Waals surface area contributed by atoms with Crippen LogP contribution in [-0.2, 0) is 14.8 Å². The van der Waals surface area contributed by atoms with Crippen LogP contribution in [0.3, 0.4) is 0 Å². The van der Waals surface area contributed by atoms with Crippen LogP contribution < -0.4 is 14.4 Å². The monoisotopic (exact) mass is 396 g/mol. The van der Waals surface area contributed by atoms with Crippen molar-refractivity contribution in [3.8, 4) is 5.75 Å². The second-order valence-corrected chi connectivity index (χ2v) is 8.11. The topological polar surface area (TPSA) is 75.7 Å². The molecule has 0 aliphatic carbocycles. The number of nitrogens with one attached hydrogen (secondary N) is 1. The predicted octanol–water partition coefficient (Wildman–Crippen LogP) is 2.61. The van der Waals surface area contributed by atoms with Gasteiger partial charge in [-0.05, 0) is 48.9 Å². The van der Waals surface area contributed by atoms with Gasteiger partial charge < -0.3 is 10.1 Å². The Hall–Kier alpha value is -2.25. The molecule has 1 amide bonds. The van der Waals surface area contributed by atoms with Crippen LogP contribution in [-0.4, -0.2) is 40.3 Å². The van der Waals surface area contributed by atoms with Crippen LogP contribution >= 0.6 is 11.6 Å². The van der Waals surface area contributed by atoms with Gasteiger partial charge in [0, 0.05) is 11.6 Å². The Morgan fingerprint density at radius 3 is 2.50 bits per heavy atom. The first kappa shape index (κ1) is 20.1. The molecule has 0 unspecified atom stereocenters. The summed E-state index contributed by atoms with van der Waals surface area (Å²) < 4.78 is 30.7. The third kappa shape index (κ3) is 6.24. The lowest BCUT2D eigenvalue weighted by Crippen LogP contribution is -2.39. The van der Waals surface area contributed by atoms with E-state index in [1.54, 1.807) is 42.5 Å². The molecule has 2 rings (SSSR count). The number of ether oxygens (including phenoxy) is 1. The van der Waals surface area contributed by atoms with Gasteiger partial charge in [0.1, 0.15) is 5.75 Å². The van der Waals surface area contributed by atoms with Crippen LogP contribution in [0, 0.1) is 6.92 Å². The van der Waals surface area contributed by atoms with Gasteiger partial charge in [-0.3, -0.25) is 9.10 Å². The van der Waals surface area contributed by atoms with Gasteiger partial charge in [-0.25, -0.2) is 8.42 Å². The minimum absolute atomic E-state index is 0.134. The van der Waals surface area contributed by atoms with Crippen molar-refractivity contribution < 1.29 is 17.9 Å². The van der Waals surface area contributed by atoms with Crippen molar-refractivity contribution in [3.05, 3.63) is 59.1 Å². The molecule has 0 bridgehead atoms. The van der Waals surface area contributed by atoms with Crippen LogP contribution in [0.4, 0.5) is 5.69 Å². The molecule has 2 aromatic carbocycles. The molecule has 8 heteroatoms. The zero-order valence-corrected chi connectivity index (χ0v) is 16.2. The number of carbonyl (C=O) groups is 1. The van der Waals surface area contributed by atoms with Crippen molar-refractivity contribution in [2.45, 2.75) is 6.92 Å². The number of aryl methyl sites for hydroxylation is 1. The maximum Gasteiger partial charge on any atom is 0.258 e. The van der Waals surface area contributed by atoms with Crippen molar-refractivity contribution in [2.75, 3.05) is 30.3 Å². The van der Waals surface area contributed by atoms with Crippen molar-refractivity contribution in [1.29, 1.82) is 0 Å². The minimum Gasteiger partial charge on any atom is -0.484 e. The third-order valence-corrected chi connectivity index (χ3v) is 4.96. The Morgan fingerprint density at radius 2 is 1.88 bits per heavy atom. The first-order valence-corrected chi connectivity index (χ1v) is 10.2. The summed E-state index contributed by atoms with van der Waals surface area (Å²) in [6.45, 7) is 2.03. The summed E-state index contributed by atoms with van der Waals surface area (Å²) in [5.41, 5.74) is 1.52. The molecule has 0 atom stereocenters. The highest BCUT2D eigenvalue weighted by atomic mass is 35.5. The molecule has 2 aromatic rings. The molecule has 0 aromatic heterocycles. The molecule has 140 valence electrons. The molecule has 6 nitrogen and oxygen atoms in total. The van der Waals surface area contributed by atoms with E-state index in [4.69, 9.17) is 16.3 Å². The fraction of sp³-hybridized carbons (Fsp3) is 0.278. The number of halogens is 1. The summed E-state index contributed by atoms with van der Waals surface area (Å²) in [6.07, 6.45) is 1.14. The number of carbonyl (C=O) groups excluding carboxylic acids is 1. The molecule has 0 aliphatic heterocycles. The van der Waals surface area contributed by atoms with Gasteiger partial charge in [0.15, 0.2) is 6.61 Å². The number of nitrogens with zero attached hydrogens (tertiary/aromatic N) is 1. The van der Waals surface area contributed by atoms with E-state index in [0.717, 1.165) is 11.8 Å². The Kier molecular flexibility index (Phi) is 6.88. The molecule has 26 heavy (non-hydrogen) atoms. The lowest BCUT2D eigenvalue weighted by molar-refractivity contribution is -0.123. The van der Waals surface area contributed by atoms with Crippen molar-refractivity contribution >= 4 is 33.2 Å². The van der Waals surface area contributed by atoms with Crippen molar-refractivity contribution in [3.63, 3.8) is 0 Å². The van der Waals surface area contributed by atoms with E-state index < -0.39 is 10.0 Å². The molecule has 0 saturated carbocycles. The van der Waals surface area contributed by atoms with Crippen molar-refractivity contribution in [1.82, 2.24) is 5.32 Å². The summed E-state index contributed by atoms with van der Waals surface area (Å²) >= 11 is 5.78. The fourth-order valence-corrected chi connectivity index (χ4v) is 3.34. The van der Waals surface area contributed by atoms with Gasteiger partial charge >= 0.3 is 0 Å². The SMILES string of the molecule is Cc1cccc(N(CCNC(=O)COc2ccc(Cl)cc2)S(C)(=O)=O)c1. The standard InChI is InChI=1S/C18H21ClN2O4S/c1-14-4-3-5-16(12-14)21(26(2,23)24)11-10-20-18(22)13-25-17-8-6-15(19)7-9-17/h3-9,12H,10-11,13H2,1-2H3,(H,20,22). The van der Waals surface area contributed by atoms with Crippen LogP contribution in [0.1, 0.15) is 5.56 Å². The highest BCUT2D eigenvalue weighted by Gasteiger charge is 2.17. The number of amides is 1. The quantitative estimate of drug-likeness (QED) is 0.744. The van der Waals surface area contributed by atoms with Gasteiger partial charge in [0.25, 0.3) is 5.91 Å². The molecule has 0 aliphatic rings. The maximum atomic E-state index is 12.0. The Labute approximate surface area is 158 Å². The van der Waals surface area contributed by atoms with Crippen molar-refractivity contribution in [2.24, 2.45) is 0 Å². The van der Waals surface area contributed by atoms with Gasteiger partial charge in [-0.15, -0.1) is 0 Å². The van der Waals surface area contributed by atoms with E-state index in [2.05, 4.69) is 5.32 Å². The highest BCUT2D eigenvalue weighted by molar-refractivity contribution is 7.92. The predicted molar refractivity (Wildman–Crippen MR) is 103 cm³/mol. The van der Waals surface area contributed by atoms with Gasteiger partial charge in [-0.1, -0.05) is 23.7 Å². The van der Waals surface area contributed by atoms with Crippen LogP contribution in [0.25, 0.3) is 0 Å². The highest BCUT2D eigenvalue weighted by Crippen LogP contribution is 2.18. The average Bonchev–Trinajstić information content (AvgIpc) is 2.57. The fourth-order valence-electron chi connectivity index (χ4n) is 2.30. The zero-order chi connectivity index (χ0) is 19.2. The van der Waals surface area contributed by atoms with E-state index in [-0.39, 0.29) is 25.6 Å². The Bertz CT molecular complexity index is 854. The minimum atomic E-state index is -3.45. The number of benzene rings is 2. The average molecular weight is 397 g/mol. The first-order valence-electron chi connectivity index (χ1n) is 7.95. The van der Waals surface area contributed by atoms with Crippen LogP contribution in [0.2, 0.25) is 5.02 Å². The van der Waals surface area contributed by atoms with E-state index in [1.165, 1.54) is 4.31 Å². The summed E-state index contributed by atoms with van der Waals surface area (Å²) in [5.74, 6) is 0.194. The molecule has 0 radical (unpaired) electrons. The van der Waals surface area contributed by atoms with E-state index >= 15 is 0 Å². The number of hydrogen-bond acceptors (Lipinski definition) is 4. The smallest absolute Gasteiger partial charge is 0.258 e. The Morgan fingerprint density at radius 1 is 1.19 bits per heavy atom. The second kappa shape index (κ2) is 8.91. The largest absolute Gasteiger partial charge is 0.484 e. The molecule has 0 fully saturated rings. The van der Waals surface area contributed by atoms with E-state index in [1.807, 2.05) is 13.0 Å². The summed E-state index contributed by atoms with van der Waals surface area (Å²) in [4.78, 5) is 11.9. The lowest BCUT2D eigenvalue weighted by Gasteiger charge is -2.23. The van der Waals surface area contributed by atoms with E-state index in [9.17, 15) is 13.2 Å². The molecule has 0 saturated heterocycles. The molecular weight excluding hydrogens is 376 g/mol. The maximum absolute atomic E-state index is 12.0. The number of rotatable bonds is 8. The molecule has 1 N–H and O–H groups in total. The molecule has 0 spiro atoms. The lowest BCUT2D eigenvalue weighted by atomic mass is 10.2. The number of sulfonamides is 1. The van der Waals surface area contributed by atoms with Gasteiger partial charge in [-0.2, -0.15) is 0 Å². The zero-order valence-electron chi connectivity index (χ0n) is 14.6. The summed E-state index contributed by atoms with van der Waals surface area (Å²) in [5, 5.41) is 3.24. The second-order valence-electron chi connectivity index (χ2n) is 5.77. The normalized spacial score (nSPS) is 11.0. The van der Waals surface area contributed by atoms with Crippen LogP contribution in [0.15, 0.2) is 48.5 Å². The molecule has 0 heterocycles. The number of anilines is 1.